The molecule has 0 aromatic heterocycles. The molecule has 0 radical (unpaired) electrons. The number of benzene rings is 2. The second-order valence-electron chi connectivity index (χ2n) is 11.4. The molecule has 0 saturated carbocycles. The van der Waals surface area contributed by atoms with E-state index in [2.05, 4.69) is 0 Å². The number of ether oxygens (including phenoxy) is 2. The van der Waals surface area contributed by atoms with Gasteiger partial charge >= 0.3 is 13.2 Å². The molecule has 0 aliphatic carbocycles. The van der Waals surface area contributed by atoms with Crippen LogP contribution in [0.25, 0.3) is 0 Å². The third-order valence-electron chi connectivity index (χ3n) is 8.28. The van der Waals surface area contributed by atoms with Gasteiger partial charge in [0.15, 0.2) is 0 Å². The average molecular weight is 505 g/mol. The van der Waals surface area contributed by atoms with Crippen molar-refractivity contribution in [1.29, 1.82) is 0 Å². The lowest BCUT2D eigenvalue weighted by atomic mass is 9.78. The lowest BCUT2D eigenvalue weighted by molar-refractivity contribution is -0.130. The third-order valence-corrected chi connectivity index (χ3v) is 8.28. The van der Waals surface area contributed by atoms with E-state index in [1.54, 1.807) is 4.90 Å². The molecule has 3 saturated heterocycles. The van der Waals surface area contributed by atoms with E-state index >= 15 is 0 Å². The van der Waals surface area contributed by atoms with E-state index in [-0.39, 0.29) is 36.5 Å². The first kappa shape index (κ1) is 26.0. The first-order valence-electron chi connectivity index (χ1n) is 13.2. The molecule has 3 aliphatic heterocycles. The van der Waals surface area contributed by atoms with E-state index in [0.29, 0.717) is 32.5 Å². The summed E-state index contributed by atoms with van der Waals surface area (Å²) in [7, 11) is -0.417. The highest BCUT2D eigenvalue weighted by Gasteiger charge is 2.51. The van der Waals surface area contributed by atoms with Crippen molar-refractivity contribution < 1.29 is 28.4 Å². The predicted octanol–water partition coefficient (Wildman–Crippen LogP) is 3.91. The van der Waals surface area contributed by atoms with Gasteiger partial charge in [0.25, 0.3) is 0 Å². The van der Waals surface area contributed by atoms with Crippen LogP contribution in [0.1, 0.15) is 51.7 Å². The molecular formula is C29H36BNO6. The zero-order chi connectivity index (χ0) is 26.2. The number of nitrogens with zero attached hydrogens (tertiary/aromatic N) is 1. The van der Waals surface area contributed by atoms with Crippen molar-refractivity contribution in [3.05, 3.63) is 65.7 Å². The highest BCUT2D eigenvalue weighted by atomic mass is 16.7. The fourth-order valence-electron chi connectivity index (χ4n) is 5.39. The van der Waals surface area contributed by atoms with Crippen molar-refractivity contribution in [1.82, 2.24) is 4.90 Å². The minimum Gasteiger partial charge on any atom is -0.445 e. The largest absolute Gasteiger partial charge is 0.494 e. The molecule has 0 N–H and O–H groups in total. The minimum absolute atomic E-state index is 0.0974. The molecule has 2 atom stereocenters. The molecule has 3 heterocycles. The Bertz CT molecular complexity index is 1090. The molecular weight excluding hydrogens is 469 g/mol. The Morgan fingerprint density at radius 3 is 2.08 bits per heavy atom. The topological polar surface area (TPSA) is 74.3 Å². The molecule has 2 bridgehead atoms. The molecule has 5 rings (SSSR count). The van der Waals surface area contributed by atoms with Crippen LogP contribution in [-0.4, -0.2) is 60.4 Å². The molecule has 2 unspecified atom stereocenters. The van der Waals surface area contributed by atoms with Crippen molar-refractivity contribution in [3.8, 4) is 0 Å². The van der Waals surface area contributed by atoms with Crippen molar-refractivity contribution >= 4 is 24.5 Å². The molecule has 2 aromatic carbocycles. The summed E-state index contributed by atoms with van der Waals surface area (Å²) in [6.45, 7) is 9.25. The summed E-state index contributed by atoms with van der Waals surface area (Å²) in [5, 5.41) is 0. The van der Waals surface area contributed by atoms with Crippen LogP contribution in [0.3, 0.4) is 0 Å². The van der Waals surface area contributed by atoms with Crippen molar-refractivity contribution in [2.24, 2.45) is 5.92 Å². The van der Waals surface area contributed by atoms with Gasteiger partial charge in [0.05, 0.1) is 36.5 Å². The van der Waals surface area contributed by atoms with E-state index in [1.165, 1.54) is 0 Å². The summed E-state index contributed by atoms with van der Waals surface area (Å²) in [6.07, 6.45) is 1.24. The van der Waals surface area contributed by atoms with Crippen LogP contribution in [0.5, 0.6) is 0 Å². The number of piperidine rings is 1. The smallest absolute Gasteiger partial charge is 0.445 e. The summed E-state index contributed by atoms with van der Waals surface area (Å²) in [5.74, 6) is 0.109. The highest BCUT2D eigenvalue weighted by Crippen LogP contribution is 2.37. The van der Waals surface area contributed by atoms with Crippen molar-refractivity contribution in [2.45, 2.75) is 76.9 Å². The number of amides is 1. The second kappa shape index (κ2) is 10.2. The van der Waals surface area contributed by atoms with Crippen molar-refractivity contribution in [3.63, 3.8) is 0 Å². The number of fused-ring (bicyclic) bond motifs is 2. The van der Waals surface area contributed by atoms with Gasteiger partial charge < -0.3 is 18.8 Å². The number of carbonyl (C=O) groups is 2. The second-order valence-corrected chi connectivity index (χ2v) is 11.4. The zero-order valence-corrected chi connectivity index (χ0v) is 22.1. The molecule has 37 heavy (non-hydrogen) atoms. The number of hydrogen-bond acceptors (Lipinski definition) is 6. The lowest BCUT2D eigenvalue weighted by Gasteiger charge is -2.47. The van der Waals surface area contributed by atoms with Gasteiger partial charge in [0, 0.05) is 12.3 Å². The van der Waals surface area contributed by atoms with Gasteiger partial charge in [-0.25, -0.2) is 4.79 Å². The number of carbonyl (C=O) groups excluding carboxylic acids is 2. The fourth-order valence-corrected chi connectivity index (χ4v) is 5.39. The van der Waals surface area contributed by atoms with Gasteiger partial charge in [-0.05, 0) is 57.1 Å². The first-order chi connectivity index (χ1) is 17.6. The van der Waals surface area contributed by atoms with Gasteiger partial charge in [-0.3, -0.25) is 9.69 Å². The maximum atomic E-state index is 13.3. The SMILES string of the molecule is CC1(C)OB(c2ccc(CC(=O)C3CC4COCC(C3)N4C(=O)OCc3ccccc3)cc2)OC1(C)C. The molecule has 1 amide bonds. The van der Waals surface area contributed by atoms with Crippen LogP contribution in [0, 0.1) is 5.92 Å². The fraction of sp³-hybridized carbons (Fsp3) is 0.517. The molecule has 196 valence electrons. The van der Waals surface area contributed by atoms with Crippen LogP contribution >= 0.6 is 0 Å². The quantitative estimate of drug-likeness (QED) is 0.555. The van der Waals surface area contributed by atoms with E-state index in [0.717, 1.165) is 16.6 Å². The molecule has 7 nitrogen and oxygen atoms in total. The summed E-state index contributed by atoms with van der Waals surface area (Å²) in [4.78, 5) is 28.0. The Hall–Kier alpha value is -2.68. The normalized spacial score (nSPS) is 26.1. The van der Waals surface area contributed by atoms with Crippen LogP contribution < -0.4 is 5.46 Å². The van der Waals surface area contributed by atoms with Gasteiger partial charge in [-0.1, -0.05) is 54.6 Å². The third kappa shape index (κ3) is 5.47. The zero-order valence-electron chi connectivity index (χ0n) is 22.1. The summed E-state index contributed by atoms with van der Waals surface area (Å²) >= 11 is 0. The monoisotopic (exact) mass is 505 g/mol. The maximum absolute atomic E-state index is 13.3. The van der Waals surface area contributed by atoms with Crippen LogP contribution in [0.2, 0.25) is 0 Å². The lowest BCUT2D eigenvalue weighted by Crippen LogP contribution is -2.60. The van der Waals surface area contributed by atoms with Crippen LogP contribution in [0.4, 0.5) is 4.79 Å². The van der Waals surface area contributed by atoms with Gasteiger partial charge in [0.1, 0.15) is 12.4 Å². The van der Waals surface area contributed by atoms with E-state index in [9.17, 15) is 9.59 Å². The van der Waals surface area contributed by atoms with E-state index in [4.69, 9.17) is 18.8 Å². The van der Waals surface area contributed by atoms with Gasteiger partial charge in [-0.2, -0.15) is 0 Å². The van der Waals surface area contributed by atoms with Crippen LogP contribution in [-0.2, 0) is 36.6 Å². The molecule has 0 spiro atoms. The minimum atomic E-state index is -0.417. The maximum Gasteiger partial charge on any atom is 0.494 e. The first-order valence-corrected chi connectivity index (χ1v) is 13.2. The summed E-state index contributed by atoms with van der Waals surface area (Å²) in [5.41, 5.74) is 2.08. The van der Waals surface area contributed by atoms with E-state index in [1.807, 2.05) is 82.3 Å². The number of Topliss-reactive ketones (excluding diaryl/α,β-unsaturated/α-hetero) is 1. The molecule has 3 aliphatic rings. The van der Waals surface area contributed by atoms with Gasteiger partial charge in [0.2, 0.25) is 0 Å². The molecule has 8 heteroatoms. The molecule has 3 fully saturated rings. The Kier molecular flexibility index (Phi) is 7.18. The number of morpholine rings is 1. The number of rotatable bonds is 6. The van der Waals surface area contributed by atoms with Gasteiger partial charge in [-0.15, -0.1) is 0 Å². The predicted molar refractivity (Wildman–Crippen MR) is 140 cm³/mol. The number of ketones is 1. The van der Waals surface area contributed by atoms with Crippen LogP contribution in [0.15, 0.2) is 54.6 Å². The average Bonchev–Trinajstić information content (AvgIpc) is 3.09. The van der Waals surface area contributed by atoms with E-state index < -0.39 is 18.3 Å². The summed E-state index contributed by atoms with van der Waals surface area (Å²) in [6, 6.07) is 17.3. The number of hydrogen-bond donors (Lipinski definition) is 0. The van der Waals surface area contributed by atoms with Crippen molar-refractivity contribution in [2.75, 3.05) is 13.2 Å². The Balaban J connectivity index is 1.17. The molecule has 2 aromatic rings. The Morgan fingerprint density at radius 1 is 0.892 bits per heavy atom. The Labute approximate surface area is 219 Å². The summed E-state index contributed by atoms with van der Waals surface area (Å²) < 4.78 is 23.6. The highest BCUT2D eigenvalue weighted by molar-refractivity contribution is 6.62. The standard InChI is InChI=1S/C29H36BNO6/c1-28(2)29(3,4)37-30(36-28)23-12-10-20(11-13-23)14-26(32)22-15-24-18-34-19-25(16-22)31(24)27(33)35-17-21-8-6-5-7-9-21/h5-13,22,24-25H,14-19H2,1-4H3. The Morgan fingerprint density at radius 2 is 1.49 bits per heavy atom.